The summed E-state index contributed by atoms with van der Waals surface area (Å²) in [7, 11) is 0. The third-order valence-corrected chi connectivity index (χ3v) is 5.35. The predicted octanol–water partition coefficient (Wildman–Crippen LogP) is 6.48. The van der Waals surface area contributed by atoms with Gasteiger partial charge >= 0.3 is 0 Å². The molecule has 1 aliphatic rings. The maximum Gasteiger partial charge on any atom is -0.00664 e. The van der Waals surface area contributed by atoms with Crippen molar-refractivity contribution in [3.63, 3.8) is 0 Å². The Labute approximate surface area is 133 Å². The van der Waals surface area contributed by atoms with Crippen molar-refractivity contribution in [1.29, 1.82) is 0 Å². The quantitative estimate of drug-likeness (QED) is 0.554. The summed E-state index contributed by atoms with van der Waals surface area (Å²) in [6.45, 7) is 19.4. The number of hydrogen-bond acceptors (Lipinski definition) is 0. The molecular weight excluding hydrogens is 252 g/mol. The zero-order valence-electron chi connectivity index (χ0n) is 14.7. The second kappa shape index (κ2) is 5.45. The van der Waals surface area contributed by atoms with E-state index in [1.807, 2.05) is 0 Å². The van der Waals surface area contributed by atoms with Crippen LogP contribution in [0.5, 0.6) is 0 Å². The van der Waals surface area contributed by atoms with Gasteiger partial charge in [0.05, 0.1) is 0 Å². The standard InChI is InChI=1S/C20H32.CH4/c1-18(2,3)17(19(4,5)6)16-13-14-11-9-10-12-15(14)20(16,7)8;/h9-12,16-17H,13H2,1-8H3;1H4. The molecule has 0 heteroatoms. The van der Waals surface area contributed by atoms with E-state index in [0.29, 0.717) is 16.7 Å². The summed E-state index contributed by atoms with van der Waals surface area (Å²) >= 11 is 0. The summed E-state index contributed by atoms with van der Waals surface area (Å²) in [4.78, 5) is 0. The van der Waals surface area contributed by atoms with Gasteiger partial charge < -0.3 is 0 Å². The van der Waals surface area contributed by atoms with E-state index in [1.54, 1.807) is 11.1 Å². The van der Waals surface area contributed by atoms with Crippen LogP contribution in [0.3, 0.4) is 0 Å². The molecule has 1 unspecified atom stereocenters. The molecule has 0 N–H and O–H groups in total. The maximum absolute atomic E-state index is 2.45. The van der Waals surface area contributed by atoms with E-state index in [2.05, 4.69) is 79.7 Å². The van der Waals surface area contributed by atoms with Gasteiger partial charge in [0.1, 0.15) is 0 Å². The van der Waals surface area contributed by atoms with Gasteiger partial charge in [-0.15, -0.1) is 0 Å². The van der Waals surface area contributed by atoms with Crippen LogP contribution in [0.25, 0.3) is 0 Å². The van der Waals surface area contributed by atoms with Crippen molar-refractivity contribution in [2.45, 2.75) is 74.7 Å². The first-order valence-electron chi connectivity index (χ1n) is 8.04. The van der Waals surface area contributed by atoms with Gasteiger partial charge in [-0.05, 0) is 45.6 Å². The van der Waals surface area contributed by atoms with Gasteiger partial charge in [0.25, 0.3) is 0 Å². The summed E-state index contributed by atoms with van der Waals surface area (Å²) in [5.41, 5.74) is 4.09. The number of fused-ring (bicyclic) bond motifs is 1. The van der Waals surface area contributed by atoms with Crippen LogP contribution >= 0.6 is 0 Å². The zero-order chi connectivity index (χ0) is 15.3. The van der Waals surface area contributed by atoms with Crippen molar-refractivity contribution in [3.8, 4) is 0 Å². The normalized spacial score (nSPS) is 21.1. The van der Waals surface area contributed by atoms with Crippen LogP contribution in [-0.4, -0.2) is 0 Å². The molecule has 1 aromatic rings. The van der Waals surface area contributed by atoms with Crippen LogP contribution in [-0.2, 0) is 11.8 Å². The molecule has 0 spiro atoms. The summed E-state index contributed by atoms with van der Waals surface area (Å²) in [6, 6.07) is 9.07. The van der Waals surface area contributed by atoms with Crippen LogP contribution in [0.2, 0.25) is 0 Å². The highest BCUT2D eigenvalue weighted by Crippen LogP contribution is 2.55. The molecule has 0 amide bonds. The van der Waals surface area contributed by atoms with Crippen LogP contribution in [0, 0.1) is 22.7 Å². The van der Waals surface area contributed by atoms with Crippen molar-refractivity contribution < 1.29 is 0 Å². The molecule has 1 aromatic carbocycles. The molecule has 0 saturated heterocycles. The minimum Gasteiger partial charge on any atom is -0.0776 e. The molecule has 0 aliphatic heterocycles. The van der Waals surface area contributed by atoms with E-state index in [9.17, 15) is 0 Å². The average molecular weight is 289 g/mol. The van der Waals surface area contributed by atoms with Crippen molar-refractivity contribution in [3.05, 3.63) is 35.4 Å². The summed E-state index contributed by atoms with van der Waals surface area (Å²) < 4.78 is 0. The van der Waals surface area contributed by atoms with Gasteiger partial charge in [0.2, 0.25) is 0 Å². The average Bonchev–Trinajstić information content (AvgIpc) is 2.48. The first-order chi connectivity index (χ1) is 8.95. The Balaban J connectivity index is 0.00000220. The fraction of sp³-hybridized carbons (Fsp3) is 0.714. The van der Waals surface area contributed by atoms with Gasteiger partial charge in [0.15, 0.2) is 0 Å². The molecule has 0 aromatic heterocycles. The largest absolute Gasteiger partial charge is 0.0776 e. The lowest BCUT2D eigenvalue weighted by Gasteiger charge is -2.49. The fourth-order valence-electron chi connectivity index (χ4n) is 5.06. The summed E-state index contributed by atoms with van der Waals surface area (Å²) in [5, 5.41) is 0. The van der Waals surface area contributed by atoms with Crippen LogP contribution in [0.4, 0.5) is 0 Å². The van der Waals surface area contributed by atoms with Crippen molar-refractivity contribution in [1.82, 2.24) is 0 Å². The van der Waals surface area contributed by atoms with Gasteiger partial charge in [-0.1, -0.05) is 87.1 Å². The Hall–Kier alpha value is -0.780. The lowest BCUT2D eigenvalue weighted by molar-refractivity contribution is 0.0170. The van der Waals surface area contributed by atoms with Gasteiger partial charge in [0, 0.05) is 0 Å². The summed E-state index contributed by atoms with van der Waals surface area (Å²) in [6.07, 6.45) is 1.24. The lowest BCUT2D eigenvalue weighted by Crippen LogP contribution is -2.44. The molecule has 0 radical (unpaired) electrons. The Morgan fingerprint density at radius 2 is 1.43 bits per heavy atom. The van der Waals surface area contributed by atoms with Crippen molar-refractivity contribution >= 4 is 0 Å². The monoisotopic (exact) mass is 288 g/mol. The van der Waals surface area contributed by atoms with E-state index in [0.717, 1.165) is 5.92 Å². The van der Waals surface area contributed by atoms with Gasteiger partial charge in [-0.25, -0.2) is 0 Å². The maximum atomic E-state index is 2.45. The smallest absolute Gasteiger partial charge is 0.00664 e. The second-order valence-corrected chi connectivity index (χ2v) is 9.40. The van der Waals surface area contributed by atoms with Crippen molar-refractivity contribution in [2.24, 2.45) is 22.7 Å². The number of benzene rings is 1. The van der Waals surface area contributed by atoms with Crippen LogP contribution in [0.15, 0.2) is 24.3 Å². The Bertz CT molecular complexity index is 465. The predicted molar refractivity (Wildman–Crippen MR) is 95.8 cm³/mol. The molecule has 0 saturated carbocycles. The molecule has 0 nitrogen and oxygen atoms in total. The molecule has 1 aliphatic carbocycles. The van der Waals surface area contributed by atoms with E-state index < -0.39 is 0 Å². The molecule has 21 heavy (non-hydrogen) atoms. The molecule has 120 valence electrons. The molecule has 0 bridgehead atoms. The summed E-state index contributed by atoms with van der Waals surface area (Å²) in [5.74, 6) is 1.43. The topological polar surface area (TPSA) is 0 Å². The third-order valence-electron chi connectivity index (χ3n) is 5.35. The minimum absolute atomic E-state index is 0. The van der Waals surface area contributed by atoms with Crippen LogP contribution < -0.4 is 0 Å². The molecule has 0 fully saturated rings. The van der Waals surface area contributed by atoms with E-state index in [4.69, 9.17) is 0 Å². The molecule has 0 heterocycles. The minimum atomic E-state index is 0. The second-order valence-electron chi connectivity index (χ2n) is 9.40. The highest BCUT2D eigenvalue weighted by Gasteiger charge is 2.50. The van der Waals surface area contributed by atoms with E-state index in [1.165, 1.54) is 6.42 Å². The Morgan fingerprint density at radius 1 is 0.952 bits per heavy atom. The highest BCUT2D eigenvalue weighted by atomic mass is 14.5. The number of hydrogen-bond donors (Lipinski definition) is 0. The lowest BCUT2D eigenvalue weighted by atomic mass is 9.56. The SMILES string of the molecule is C.CC(C)(C)C(C1Cc2ccccc2C1(C)C)C(C)(C)C. The third kappa shape index (κ3) is 3.20. The Kier molecular flexibility index (Phi) is 4.74. The number of rotatable bonds is 1. The zero-order valence-corrected chi connectivity index (χ0v) is 14.7. The molecular formula is C21H36. The Morgan fingerprint density at radius 3 is 1.86 bits per heavy atom. The molecule has 1 atom stereocenters. The van der Waals surface area contributed by atoms with Crippen molar-refractivity contribution in [2.75, 3.05) is 0 Å². The highest BCUT2D eigenvalue weighted by molar-refractivity contribution is 5.40. The fourth-order valence-corrected chi connectivity index (χ4v) is 5.06. The van der Waals surface area contributed by atoms with Crippen LogP contribution in [0.1, 0.15) is 73.9 Å². The first kappa shape index (κ1) is 18.3. The van der Waals surface area contributed by atoms with E-state index >= 15 is 0 Å². The first-order valence-corrected chi connectivity index (χ1v) is 8.04. The van der Waals surface area contributed by atoms with Gasteiger partial charge in [-0.3, -0.25) is 0 Å². The van der Waals surface area contributed by atoms with E-state index in [-0.39, 0.29) is 12.8 Å². The molecule has 2 rings (SSSR count). The van der Waals surface area contributed by atoms with Gasteiger partial charge in [-0.2, -0.15) is 0 Å².